The van der Waals surface area contributed by atoms with E-state index in [9.17, 15) is 0 Å². The Morgan fingerprint density at radius 2 is 1.93 bits per heavy atom. The van der Waals surface area contributed by atoms with E-state index in [1.54, 1.807) is 11.3 Å². The summed E-state index contributed by atoms with van der Waals surface area (Å²) in [5.74, 6) is 0. The van der Waals surface area contributed by atoms with Crippen molar-refractivity contribution in [2.24, 2.45) is 5.41 Å². The maximum atomic E-state index is 4.27. The summed E-state index contributed by atoms with van der Waals surface area (Å²) in [6.07, 6.45) is 1.16. The topological polar surface area (TPSA) is 24.9 Å². The molecule has 0 bridgehead atoms. The molecule has 1 aromatic heterocycles. The van der Waals surface area contributed by atoms with Gasteiger partial charge in [0.1, 0.15) is 0 Å². The summed E-state index contributed by atoms with van der Waals surface area (Å²) in [5, 5.41) is 5.66. The summed E-state index contributed by atoms with van der Waals surface area (Å²) in [4.78, 5) is 4.27. The Morgan fingerprint density at radius 1 is 1.27 bits per heavy atom. The van der Waals surface area contributed by atoms with Crippen LogP contribution in [0.3, 0.4) is 0 Å². The van der Waals surface area contributed by atoms with Gasteiger partial charge in [-0.2, -0.15) is 0 Å². The zero-order valence-electron chi connectivity index (χ0n) is 10.4. The fourth-order valence-electron chi connectivity index (χ4n) is 2.04. The SMILES string of the molecule is CC(C)(C)CC(C)(C)NCc1cscn1. The lowest BCUT2D eigenvalue weighted by atomic mass is 9.82. The van der Waals surface area contributed by atoms with Gasteiger partial charge >= 0.3 is 0 Å². The Balaban J connectivity index is 2.43. The van der Waals surface area contributed by atoms with E-state index < -0.39 is 0 Å². The van der Waals surface area contributed by atoms with E-state index in [0.29, 0.717) is 5.41 Å². The quantitative estimate of drug-likeness (QED) is 0.850. The number of rotatable bonds is 4. The van der Waals surface area contributed by atoms with Crippen molar-refractivity contribution in [2.45, 2.75) is 53.1 Å². The average molecular weight is 226 g/mol. The first-order valence-electron chi connectivity index (χ1n) is 5.41. The predicted octanol–water partition coefficient (Wildman–Crippen LogP) is 3.45. The number of hydrogen-bond acceptors (Lipinski definition) is 3. The minimum atomic E-state index is 0.169. The molecule has 0 aliphatic rings. The first-order valence-corrected chi connectivity index (χ1v) is 6.35. The van der Waals surface area contributed by atoms with Crippen molar-refractivity contribution in [1.82, 2.24) is 10.3 Å². The molecule has 0 atom stereocenters. The highest BCUT2D eigenvalue weighted by atomic mass is 32.1. The number of nitrogens with zero attached hydrogens (tertiary/aromatic N) is 1. The molecule has 0 radical (unpaired) electrons. The van der Waals surface area contributed by atoms with Crippen molar-refractivity contribution in [3.05, 3.63) is 16.6 Å². The van der Waals surface area contributed by atoms with Crippen molar-refractivity contribution >= 4 is 11.3 Å². The third kappa shape index (κ3) is 5.28. The summed E-state index contributed by atoms with van der Waals surface area (Å²) >= 11 is 1.65. The van der Waals surface area contributed by atoms with Gasteiger partial charge in [-0.1, -0.05) is 20.8 Å². The van der Waals surface area contributed by atoms with Gasteiger partial charge in [0.15, 0.2) is 0 Å². The Hall–Kier alpha value is -0.410. The van der Waals surface area contributed by atoms with Gasteiger partial charge in [0, 0.05) is 17.5 Å². The van der Waals surface area contributed by atoms with Crippen LogP contribution in [-0.2, 0) is 6.54 Å². The van der Waals surface area contributed by atoms with E-state index >= 15 is 0 Å². The number of aromatic nitrogens is 1. The van der Waals surface area contributed by atoms with Crippen LogP contribution in [0.4, 0.5) is 0 Å². The molecule has 2 nitrogen and oxygen atoms in total. The molecule has 0 saturated heterocycles. The molecule has 1 aromatic rings. The second-order valence-electron chi connectivity index (χ2n) is 5.95. The fraction of sp³-hybridized carbons (Fsp3) is 0.750. The Bertz CT molecular complexity index is 283. The third-order valence-electron chi connectivity index (χ3n) is 2.20. The summed E-state index contributed by atoms with van der Waals surface area (Å²) < 4.78 is 0. The number of hydrogen-bond donors (Lipinski definition) is 1. The lowest BCUT2D eigenvalue weighted by Crippen LogP contribution is -2.41. The molecule has 0 unspecified atom stereocenters. The number of thiazole rings is 1. The molecule has 86 valence electrons. The van der Waals surface area contributed by atoms with E-state index in [1.807, 2.05) is 5.51 Å². The molecular weight excluding hydrogens is 204 g/mol. The summed E-state index contributed by atoms with van der Waals surface area (Å²) in [5.41, 5.74) is 3.55. The molecule has 0 saturated carbocycles. The summed E-state index contributed by atoms with van der Waals surface area (Å²) in [7, 11) is 0. The summed E-state index contributed by atoms with van der Waals surface area (Å²) in [6, 6.07) is 0. The zero-order valence-corrected chi connectivity index (χ0v) is 11.2. The van der Waals surface area contributed by atoms with E-state index in [4.69, 9.17) is 0 Å². The highest BCUT2D eigenvalue weighted by Crippen LogP contribution is 2.26. The highest BCUT2D eigenvalue weighted by Gasteiger charge is 2.24. The molecule has 0 fully saturated rings. The molecule has 1 heterocycles. The van der Waals surface area contributed by atoms with Crippen molar-refractivity contribution < 1.29 is 0 Å². The van der Waals surface area contributed by atoms with Crippen LogP contribution in [0.25, 0.3) is 0 Å². The summed E-state index contributed by atoms with van der Waals surface area (Å²) in [6.45, 7) is 12.2. The van der Waals surface area contributed by atoms with Crippen molar-refractivity contribution in [3.63, 3.8) is 0 Å². The second-order valence-corrected chi connectivity index (χ2v) is 6.67. The van der Waals surface area contributed by atoms with Crippen molar-refractivity contribution in [3.8, 4) is 0 Å². The highest BCUT2D eigenvalue weighted by molar-refractivity contribution is 7.07. The molecule has 0 amide bonds. The minimum absolute atomic E-state index is 0.169. The molecule has 0 aliphatic heterocycles. The monoisotopic (exact) mass is 226 g/mol. The molecule has 15 heavy (non-hydrogen) atoms. The molecule has 1 rings (SSSR count). The molecule has 0 aliphatic carbocycles. The van der Waals surface area contributed by atoms with Crippen LogP contribution < -0.4 is 5.32 Å². The molecule has 1 N–H and O–H groups in total. The maximum absolute atomic E-state index is 4.27. The Kier molecular flexibility index (Phi) is 3.90. The molecule has 3 heteroatoms. The molecule has 0 spiro atoms. The smallest absolute Gasteiger partial charge is 0.0795 e. The van der Waals surface area contributed by atoms with E-state index in [1.165, 1.54) is 0 Å². The lowest BCUT2D eigenvalue weighted by molar-refractivity contribution is 0.240. The van der Waals surface area contributed by atoms with Crippen LogP contribution in [0.15, 0.2) is 10.9 Å². The van der Waals surface area contributed by atoms with Gasteiger partial charge < -0.3 is 5.32 Å². The van der Waals surface area contributed by atoms with Crippen molar-refractivity contribution in [1.29, 1.82) is 0 Å². The van der Waals surface area contributed by atoms with Gasteiger partial charge in [0.25, 0.3) is 0 Å². The third-order valence-corrected chi connectivity index (χ3v) is 2.84. The van der Waals surface area contributed by atoms with Crippen LogP contribution in [0.2, 0.25) is 0 Å². The van der Waals surface area contributed by atoms with Crippen molar-refractivity contribution in [2.75, 3.05) is 0 Å². The van der Waals surface area contributed by atoms with Crippen LogP contribution in [0.1, 0.15) is 46.7 Å². The van der Waals surface area contributed by atoms with Crippen LogP contribution in [-0.4, -0.2) is 10.5 Å². The maximum Gasteiger partial charge on any atom is 0.0795 e. The van der Waals surface area contributed by atoms with E-state index in [2.05, 4.69) is 50.3 Å². The van der Waals surface area contributed by atoms with Gasteiger partial charge in [0.2, 0.25) is 0 Å². The van der Waals surface area contributed by atoms with Gasteiger partial charge in [-0.3, -0.25) is 0 Å². The van der Waals surface area contributed by atoms with Crippen LogP contribution in [0, 0.1) is 5.41 Å². The average Bonchev–Trinajstić information content (AvgIpc) is 2.47. The standard InChI is InChI=1S/C12H22N2S/c1-11(2,3)8-12(4,5)14-6-10-7-15-9-13-10/h7,9,14H,6,8H2,1-5H3. The van der Waals surface area contributed by atoms with Crippen LogP contribution in [0.5, 0.6) is 0 Å². The first kappa shape index (κ1) is 12.7. The normalized spacial score (nSPS) is 13.1. The van der Waals surface area contributed by atoms with E-state index in [-0.39, 0.29) is 5.54 Å². The number of nitrogens with one attached hydrogen (secondary N) is 1. The fourth-order valence-corrected chi connectivity index (χ4v) is 2.60. The van der Waals surface area contributed by atoms with Gasteiger partial charge in [-0.15, -0.1) is 11.3 Å². The molecule has 0 aromatic carbocycles. The van der Waals surface area contributed by atoms with Gasteiger partial charge in [0.05, 0.1) is 11.2 Å². The zero-order chi connectivity index (χ0) is 11.5. The van der Waals surface area contributed by atoms with Gasteiger partial charge in [-0.05, 0) is 25.7 Å². The Labute approximate surface area is 97.1 Å². The molecular formula is C12H22N2S. The van der Waals surface area contributed by atoms with Crippen LogP contribution >= 0.6 is 11.3 Å². The second kappa shape index (κ2) is 4.62. The van der Waals surface area contributed by atoms with Gasteiger partial charge in [-0.25, -0.2) is 4.98 Å². The lowest BCUT2D eigenvalue weighted by Gasteiger charge is -2.33. The first-order chi connectivity index (χ1) is 6.79. The minimum Gasteiger partial charge on any atom is -0.306 e. The van der Waals surface area contributed by atoms with E-state index in [0.717, 1.165) is 18.7 Å². The largest absolute Gasteiger partial charge is 0.306 e. The predicted molar refractivity (Wildman–Crippen MR) is 67.1 cm³/mol. The Morgan fingerprint density at radius 3 is 2.40 bits per heavy atom.